The Hall–Kier alpha value is -0.0800. The lowest BCUT2D eigenvalue weighted by molar-refractivity contribution is -0.176. The summed E-state index contributed by atoms with van der Waals surface area (Å²) in [6.45, 7) is 12.8. The van der Waals surface area contributed by atoms with Crippen molar-refractivity contribution in [3.8, 4) is 0 Å². The standard InChI is InChI=1S/C18H35NO/c1-6-18(7-2)16(19-8-3)12-17(18)20-15-10-9-13(4)14(5)11-15/h13-17,19H,6-12H2,1-5H3. The van der Waals surface area contributed by atoms with E-state index in [1.54, 1.807) is 0 Å². The number of hydrogen-bond acceptors (Lipinski definition) is 2. The van der Waals surface area contributed by atoms with Crippen molar-refractivity contribution in [2.75, 3.05) is 6.54 Å². The molecule has 0 amide bonds. The van der Waals surface area contributed by atoms with Crippen LogP contribution in [0.15, 0.2) is 0 Å². The third-order valence-electron chi connectivity index (χ3n) is 6.46. The van der Waals surface area contributed by atoms with E-state index in [1.807, 2.05) is 0 Å². The Kier molecular flexibility index (Phi) is 5.53. The van der Waals surface area contributed by atoms with E-state index >= 15 is 0 Å². The highest BCUT2D eigenvalue weighted by atomic mass is 16.5. The molecule has 0 aromatic heterocycles. The highest BCUT2D eigenvalue weighted by molar-refractivity contribution is 5.07. The van der Waals surface area contributed by atoms with E-state index in [0.717, 1.165) is 18.4 Å². The first-order valence-electron chi connectivity index (χ1n) is 8.96. The van der Waals surface area contributed by atoms with Crippen LogP contribution < -0.4 is 5.32 Å². The molecule has 5 atom stereocenters. The molecule has 5 unspecified atom stereocenters. The van der Waals surface area contributed by atoms with Crippen molar-refractivity contribution in [1.29, 1.82) is 0 Å². The second-order valence-corrected chi connectivity index (χ2v) is 7.30. The van der Waals surface area contributed by atoms with E-state index in [-0.39, 0.29) is 0 Å². The Balaban J connectivity index is 1.92. The highest BCUT2D eigenvalue weighted by Gasteiger charge is 2.53. The van der Waals surface area contributed by atoms with E-state index in [4.69, 9.17) is 4.74 Å². The molecule has 0 saturated heterocycles. The molecule has 0 heterocycles. The first kappa shape index (κ1) is 16.3. The number of rotatable bonds is 6. The molecule has 2 nitrogen and oxygen atoms in total. The van der Waals surface area contributed by atoms with Crippen LogP contribution >= 0.6 is 0 Å². The van der Waals surface area contributed by atoms with Gasteiger partial charge in [0.2, 0.25) is 0 Å². The molecule has 2 aliphatic carbocycles. The van der Waals surface area contributed by atoms with Crippen molar-refractivity contribution in [2.24, 2.45) is 17.3 Å². The molecule has 0 aromatic carbocycles. The first-order chi connectivity index (χ1) is 9.57. The molecule has 1 N–H and O–H groups in total. The SMILES string of the molecule is CCNC1CC(OC2CCC(C)C(C)C2)C1(CC)CC. The van der Waals surface area contributed by atoms with Gasteiger partial charge in [-0.1, -0.05) is 34.6 Å². The summed E-state index contributed by atoms with van der Waals surface area (Å²) in [4.78, 5) is 0. The topological polar surface area (TPSA) is 21.3 Å². The van der Waals surface area contributed by atoms with E-state index in [1.165, 1.54) is 38.5 Å². The maximum absolute atomic E-state index is 6.58. The lowest BCUT2D eigenvalue weighted by Crippen LogP contribution is -2.64. The quantitative estimate of drug-likeness (QED) is 0.780. The van der Waals surface area contributed by atoms with Gasteiger partial charge in [-0.3, -0.25) is 0 Å². The van der Waals surface area contributed by atoms with E-state index in [2.05, 4.69) is 39.9 Å². The normalized spacial score (nSPS) is 40.4. The van der Waals surface area contributed by atoms with Gasteiger partial charge >= 0.3 is 0 Å². The van der Waals surface area contributed by atoms with Gasteiger partial charge in [-0.2, -0.15) is 0 Å². The fourth-order valence-electron chi connectivity index (χ4n) is 4.52. The van der Waals surface area contributed by atoms with Gasteiger partial charge in [-0.25, -0.2) is 0 Å². The summed E-state index contributed by atoms with van der Waals surface area (Å²) in [6.07, 6.45) is 8.61. The lowest BCUT2D eigenvalue weighted by Gasteiger charge is -2.57. The summed E-state index contributed by atoms with van der Waals surface area (Å²) >= 11 is 0. The van der Waals surface area contributed by atoms with Crippen LogP contribution in [0.25, 0.3) is 0 Å². The molecular weight excluding hydrogens is 246 g/mol. The summed E-state index contributed by atoms with van der Waals surface area (Å²) in [7, 11) is 0. The smallest absolute Gasteiger partial charge is 0.0664 e. The van der Waals surface area contributed by atoms with Gasteiger partial charge < -0.3 is 10.1 Å². The monoisotopic (exact) mass is 281 g/mol. The van der Waals surface area contributed by atoms with Crippen molar-refractivity contribution in [2.45, 2.75) is 91.4 Å². The van der Waals surface area contributed by atoms with Gasteiger partial charge in [-0.05, 0) is 56.9 Å². The Morgan fingerprint density at radius 3 is 2.25 bits per heavy atom. The summed E-state index contributed by atoms with van der Waals surface area (Å²) in [6, 6.07) is 0.674. The number of nitrogens with one attached hydrogen (secondary N) is 1. The average molecular weight is 281 g/mol. The van der Waals surface area contributed by atoms with Gasteiger partial charge in [0.05, 0.1) is 12.2 Å². The van der Waals surface area contributed by atoms with Crippen molar-refractivity contribution < 1.29 is 4.74 Å². The van der Waals surface area contributed by atoms with Gasteiger partial charge in [-0.15, -0.1) is 0 Å². The summed E-state index contributed by atoms with van der Waals surface area (Å²) in [5, 5.41) is 3.68. The minimum Gasteiger partial charge on any atom is -0.374 e. The maximum Gasteiger partial charge on any atom is 0.0664 e. The Morgan fingerprint density at radius 2 is 1.70 bits per heavy atom. The molecular formula is C18H35NO. The van der Waals surface area contributed by atoms with Crippen LogP contribution in [-0.4, -0.2) is 24.8 Å². The second kappa shape index (κ2) is 6.79. The molecule has 2 saturated carbocycles. The van der Waals surface area contributed by atoms with Crippen molar-refractivity contribution >= 4 is 0 Å². The molecule has 2 fully saturated rings. The largest absolute Gasteiger partial charge is 0.374 e. The zero-order chi connectivity index (χ0) is 14.8. The van der Waals surface area contributed by atoms with Crippen LogP contribution in [0.5, 0.6) is 0 Å². The number of hydrogen-bond donors (Lipinski definition) is 1. The van der Waals surface area contributed by atoms with Crippen LogP contribution in [-0.2, 0) is 4.74 Å². The minimum atomic E-state index is 0.391. The molecule has 2 aliphatic rings. The van der Waals surface area contributed by atoms with Crippen molar-refractivity contribution in [1.82, 2.24) is 5.32 Å². The van der Waals surface area contributed by atoms with E-state index in [0.29, 0.717) is 23.7 Å². The molecule has 0 bridgehead atoms. The summed E-state index contributed by atoms with van der Waals surface area (Å²) in [5.74, 6) is 1.71. The fraction of sp³-hybridized carbons (Fsp3) is 1.00. The van der Waals surface area contributed by atoms with Crippen molar-refractivity contribution in [3.63, 3.8) is 0 Å². The summed E-state index contributed by atoms with van der Waals surface area (Å²) < 4.78 is 6.58. The Bertz CT molecular complexity index is 300. The third kappa shape index (κ3) is 2.92. The van der Waals surface area contributed by atoms with Crippen LogP contribution in [0.1, 0.15) is 73.1 Å². The molecule has 2 rings (SSSR count). The van der Waals surface area contributed by atoms with Crippen LogP contribution in [0.4, 0.5) is 0 Å². The van der Waals surface area contributed by atoms with Gasteiger partial charge in [0, 0.05) is 11.5 Å². The molecule has 0 radical (unpaired) electrons. The molecule has 0 aromatic rings. The van der Waals surface area contributed by atoms with Crippen LogP contribution in [0.2, 0.25) is 0 Å². The average Bonchev–Trinajstić information content (AvgIpc) is 2.43. The van der Waals surface area contributed by atoms with Gasteiger partial charge in [0.15, 0.2) is 0 Å². The zero-order valence-corrected chi connectivity index (χ0v) is 14.2. The van der Waals surface area contributed by atoms with Crippen LogP contribution in [0.3, 0.4) is 0 Å². The van der Waals surface area contributed by atoms with Gasteiger partial charge in [0.25, 0.3) is 0 Å². The van der Waals surface area contributed by atoms with Crippen molar-refractivity contribution in [3.05, 3.63) is 0 Å². The first-order valence-corrected chi connectivity index (χ1v) is 8.96. The van der Waals surface area contributed by atoms with Crippen LogP contribution in [0, 0.1) is 17.3 Å². The number of ether oxygens (including phenoxy) is 1. The third-order valence-corrected chi connectivity index (χ3v) is 6.46. The molecule has 2 heteroatoms. The zero-order valence-electron chi connectivity index (χ0n) is 14.2. The maximum atomic E-state index is 6.58. The lowest BCUT2D eigenvalue weighted by atomic mass is 9.58. The summed E-state index contributed by atoms with van der Waals surface area (Å²) in [5.41, 5.74) is 0.391. The van der Waals surface area contributed by atoms with Gasteiger partial charge in [0.1, 0.15) is 0 Å². The highest BCUT2D eigenvalue weighted by Crippen LogP contribution is 2.50. The van der Waals surface area contributed by atoms with E-state index in [9.17, 15) is 0 Å². The molecule has 0 aliphatic heterocycles. The second-order valence-electron chi connectivity index (χ2n) is 7.30. The Labute approximate surface area is 126 Å². The predicted molar refractivity (Wildman–Crippen MR) is 85.9 cm³/mol. The molecule has 20 heavy (non-hydrogen) atoms. The fourth-order valence-corrected chi connectivity index (χ4v) is 4.52. The molecule has 118 valence electrons. The van der Waals surface area contributed by atoms with E-state index < -0.39 is 0 Å². The Morgan fingerprint density at radius 1 is 1.00 bits per heavy atom. The minimum absolute atomic E-state index is 0.391. The molecule has 0 spiro atoms. The predicted octanol–water partition coefficient (Wildman–Crippen LogP) is 4.38.